The molecule has 2 aromatic rings. The Labute approximate surface area is 172 Å². The van der Waals surface area contributed by atoms with Gasteiger partial charge in [0, 0.05) is 18.3 Å². The van der Waals surface area contributed by atoms with Crippen LogP contribution in [0, 0.1) is 0 Å². The van der Waals surface area contributed by atoms with Gasteiger partial charge >= 0.3 is 12.2 Å². The van der Waals surface area contributed by atoms with Crippen molar-refractivity contribution in [2.45, 2.75) is 13.5 Å². The summed E-state index contributed by atoms with van der Waals surface area (Å²) < 4.78 is 38.1. The van der Waals surface area contributed by atoms with Gasteiger partial charge in [-0.3, -0.25) is 10.1 Å². The van der Waals surface area contributed by atoms with Crippen LogP contribution in [0.15, 0.2) is 32.5 Å². The van der Waals surface area contributed by atoms with Crippen molar-refractivity contribution in [2.24, 2.45) is 10.7 Å². The van der Waals surface area contributed by atoms with Crippen molar-refractivity contribution in [1.29, 1.82) is 0 Å². The summed E-state index contributed by atoms with van der Waals surface area (Å²) in [5, 5.41) is 13.1. The molecule has 0 aliphatic rings. The first-order valence-electron chi connectivity index (χ1n) is 8.28. The lowest BCUT2D eigenvalue weighted by Crippen LogP contribution is -2.19. The first-order chi connectivity index (χ1) is 14.3. The van der Waals surface area contributed by atoms with E-state index in [1.165, 1.54) is 19.4 Å². The predicted molar refractivity (Wildman–Crippen MR) is 106 cm³/mol. The number of aliphatic imine (C=N–C) groups is 1. The number of rotatable bonds is 10. The Balaban J connectivity index is 2.14. The van der Waals surface area contributed by atoms with Gasteiger partial charge in [-0.2, -0.15) is 8.78 Å². The zero-order chi connectivity index (χ0) is 22.1. The number of carbonyl (C=O) groups excluding carboxylic acids is 1. The van der Waals surface area contributed by atoms with E-state index in [1.54, 1.807) is 13.0 Å². The van der Waals surface area contributed by atoms with Crippen LogP contribution in [-0.2, 0) is 4.74 Å². The Morgan fingerprint density at radius 1 is 1.47 bits per heavy atom. The average molecular weight is 444 g/mol. The Kier molecular flexibility index (Phi) is 8.37. The number of alkyl halides is 2. The van der Waals surface area contributed by atoms with Gasteiger partial charge in [-0.05, 0) is 19.2 Å². The summed E-state index contributed by atoms with van der Waals surface area (Å²) in [4.78, 5) is 28.6. The van der Waals surface area contributed by atoms with E-state index in [1.807, 2.05) is 0 Å². The molecule has 0 spiro atoms. The Morgan fingerprint density at radius 2 is 2.23 bits per heavy atom. The molecule has 1 amide bonds. The smallest absolute Gasteiger partial charge is 0.381 e. The summed E-state index contributed by atoms with van der Waals surface area (Å²) in [5.74, 6) is -1.37. The fourth-order valence-electron chi connectivity index (χ4n) is 2.05. The second kappa shape index (κ2) is 11.0. The summed E-state index contributed by atoms with van der Waals surface area (Å²) >= 11 is 0.982. The summed E-state index contributed by atoms with van der Waals surface area (Å²) in [6.45, 7) is -1.63. The number of carbonyl (C=O) groups is 1. The lowest BCUT2D eigenvalue weighted by Gasteiger charge is -2.11. The van der Waals surface area contributed by atoms with E-state index in [2.05, 4.69) is 30.6 Å². The van der Waals surface area contributed by atoms with Gasteiger partial charge in [0.2, 0.25) is 16.0 Å². The van der Waals surface area contributed by atoms with Gasteiger partial charge in [0.1, 0.15) is 0 Å². The minimum atomic E-state index is -2.92. The normalized spacial score (nSPS) is 11.8. The molecule has 0 bridgehead atoms. The molecule has 0 saturated carbocycles. The number of nitrogens with zero attached hydrogens (tertiary/aromatic N) is 3. The van der Waals surface area contributed by atoms with Crippen molar-refractivity contribution in [1.82, 2.24) is 10.2 Å². The number of aromatic nitrogens is 2. The van der Waals surface area contributed by atoms with Gasteiger partial charge in [0.05, 0.1) is 19.4 Å². The zero-order valence-corrected chi connectivity index (χ0v) is 16.7. The number of anilines is 2. The van der Waals surface area contributed by atoms with E-state index in [9.17, 15) is 18.4 Å². The van der Waals surface area contributed by atoms with Crippen LogP contribution in [0.1, 0.15) is 17.5 Å². The third-order valence-corrected chi connectivity index (χ3v) is 3.97. The minimum Gasteiger partial charge on any atom is -0.488 e. The minimum absolute atomic E-state index is 0.0699. The fraction of sp³-hybridized carbons (Fsp3) is 0.312. The number of halogens is 2. The molecule has 2 aromatic heterocycles. The fourth-order valence-corrected chi connectivity index (χ4v) is 2.72. The Morgan fingerprint density at radius 3 is 2.90 bits per heavy atom. The highest BCUT2D eigenvalue weighted by Gasteiger charge is 2.18. The van der Waals surface area contributed by atoms with Crippen LogP contribution in [0.4, 0.5) is 24.7 Å². The molecule has 0 atom stereocenters. The standard InChI is InChI=1S/C16H18F2N6O5S/c1-8(3-4-19)21-15-23-24-16(30-15)22-12(25)10-7-9(11(27-2)13(26)29-10)20-5-6-28-14(17)18/h3-4,7,14,20H,5-6,19H2,1-2H3,(H,22,24,25). The van der Waals surface area contributed by atoms with Gasteiger partial charge in [-0.15, -0.1) is 10.2 Å². The summed E-state index contributed by atoms with van der Waals surface area (Å²) in [6.07, 6.45) is 2.88. The number of hydrogen-bond donors (Lipinski definition) is 3. The van der Waals surface area contributed by atoms with Gasteiger partial charge in [0.25, 0.3) is 5.91 Å². The lowest BCUT2D eigenvalue weighted by atomic mass is 10.3. The van der Waals surface area contributed by atoms with Crippen molar-refractivity contribution in [2.75, 3.05) is 30.9 Å². The zero-order valence-electron chi connectivity index (χ0n) is 15.8. The van der Waals surface area contributed by atoms with Gasteiger partial charge in [-0.1, -0.05) is 11.3 Å². The monoisotopic (exact) mass is 444 g/mol. The molecule has 30 heavy (non-hydrogen) atoms. The largest absolute Gasteiger partial charge is 0.488 e. The number of allylic oxidation sites excluding steroid dienone is 1. The van der Waals surface area contributed by atoms with E-state index < -0.39 is 18.1 Å². The van der Waals surface area contributed by atoms with Crippen LogP contribution in [0.5, 0.6) is 5.75 Å². The molecule has 0 fully saturated rings. The van der Waals surface area contributed by atoms with Crippen molar-refractivity contribution in [3.05, 3.63) is 34.5 Å². The second-order valence-electron chi connectivity index (χ2n) is 5.36. The highest BCUT2D eigenvalue weighted by Crippen LogP contribution is 2.25. The molecule has 11 nitrogen and oxygen atoms in total. The molecule has 0 aliphatic heterocycles. The van der Waals surface area contributed by atoms with Crippen LogP contribution in [0.3, 0.4) is 0 Å². The predicted octanol–water partition coefficient (Wildman–Crippen LogP) is 1.97. The number of methoxy groups -OCH3 is 1. The molecule has 4 N–H and O–H groups in total. The molecule has 0 aliphatic carbocycles. The molecule has 2 heterocycles. The van der Waals surface area contributed by atoms with Crippen LogP contribution in [-0.4, -0.2) is 48.7 Å². The highest BCUT2D eigenvalue weighted by atomic mass is 32.1. The second-order valence-corrected chi connectivity index (χ2v) is 6.32. The van der Waals surface area contributed by atoms with E-state index in [4.69, 9.17) is 14.9 Å². The number of ether oxygens (including phenoxy) is 2. The molecule has 0 saturated heterocycles. The van der Waals surface area contributed by atoms with Crippen molar-refractivity contribution in [3.63, 3.8) is 0 Å². The van der Waals surface area contributed by atoms with Gasteiger partial charge in [-0.25, -0.2) is 9.79 Å². The molecular weight excluding hydrogens is 426 g/mol. The summed E-state index contributed by atoms with van der Waals surface area (Å²) in [6, 6.07) is 1.19. The topological polar surface area (TPSA) is 154 Å². The van der Waals surface area contributed by atoms with Crippen LogP contribution in [0.2, 0.25) is 0 Å². The average Bonchev–Trinajstić information content (AvgIpc) is 3.11. The molecule has 0 radical (unpaired) electrons. The van der Waals surface area contributed by atoms with Crippen LogP contribution >= 0.6 is 11.3 Å². The number of amides is 1. The quantitative estimate of drug-likeness (QED) is 0.368. The molecule has 162 valence electrons. The summed E-state index contributed by atoms with van der Waals surface area (Å²) in [7, 11) is 1.22. The SMILES string of the molecule is COc1c(NCCOC(F)F)cc(C(=O)Nc2nnc(N=C(C)C=CN)s2)oc1=O. The maximum Gasteiger partial charge on any atom is 0.381 e. The van der Waals surface area contributed by atoms with Gasteiger partial charge < -0.3 is 24.9 Å². The lowest BCUT2D eigenvalue weighted by molar-refractivity contribution is -0.125. The Hall–Kier alpha value is -3.39. The number of nitrogens with two attached hydrogens (primary N) is 1. The molecular formula is C16H18F2N6O5S. The van der Waals surface area contributed by atoms with Crippen molar-refractivity contribution < 1.29 is 27.5 Å². The van der Waals surface area contributed by atoms with Crippen molar-refractivity contribution in [3.8, 4) is 5.75 Å². The first-order valence-corrected chi connectivity index (χ1v) is 9.10. The first kappa shape index (κ1) is 22.9. The van der Waals surface area contributed by atoms with Crippen LogP contribution < -0.4 is 26.7 Å². The van der Waals surface area contributed by atoms with E-state index in [-0.39, 0.29) is 40.6 Å². The molecule has 2 rings (SSSR count). The molecule has 0 aromatic carbocycles. The van der Waals surface area contributed by atoms with Crippen molar-refractivity contribution >= 4 is 38.9 Å². The molecule has 14 heteroatoms. The van der Waals surface area contributed by atoms with E-state index in [0.717, 1.165) is 11.3 Å². The van der Waals surface area contributed by atoms with E-state index >= 15 is 0 Å². The highest BCUT2D eigenvalue weighted by molar-refractivity contribution is 7.18. The summed E-state index contributed by atoms with van der Waals surface area (Å²) in [5.41, 5.74) is 4.99. The molecule has 0 unspecified atom stereocenters. The van der Waals surface area contributed by atoms with Gasteiger partial charge in [0.15, 0.2) is 5.76 Å². The maximum absolute atomic E-state index is 12.4. The Bertz CT molecular complexity index is 991. The number of hydrogen-bond acceptors (Lipinski definition) is 11. The number of nitrogens with one attached hydrogen (secondary N) is 2. The van der Waals surface area contributed by atoms with E-state index in [0.29, 0.717) is 5.71 Å². The van der Waals surface area contributed by atoms with Crippen LogP contribution in [0.25, 0.3) is 0 Å². The maximum atomic E-state index is 12.4. The third kappa shape index (κ3) is 6.59. The third-order valence-electron chi connectivity index (χ3n) is 3.24.